The van der Waals surface area contributed by atoms with Gasteiger partial charge in [-0.1, -0.05) is 13.3 Å². The van der Waals surface area contributed by atoms with Gasteiger partial charge in [-0.25, -0.2) is 0 Å². The SMILES string of the molecule is CCCCC(=O)N1CC1. The fourth-order valence-corrected chi connectivity index (χ4v) is 0.786. The van der Waals surface area contributed by atoms with E-state index in [1.807, 2.05) is 4.90 Å². The van der Waals surface area contributed by atoms with Gasteiger partial charge in [0.1, 0.15) is 0 Å². The van der Waals surface area contributed by atoms with Gasteiger partial charge in [-0.3, -0.25) is 4.79 Å². The zero-order chi connectivity index (χ0) is 6.69. The number of rotatable bonds is 3. The number of carbonyl (C=O) groups is 1. The van der Waals surface area contributed by atoms with Crippen LogP contribution in [0, 0.1) is 0 Å². The summed E-state index contributed by atoms with van der Waals surface area (Å²) in [7, 11) is 0. The molecule has 0 bridgehead atoms. The van der Waals surface area contributed by atoms with Crippen LogP contribution in [0.3, 0.4) is 0 Å². The Morgan fingerprint density at radius 1 is 1.56 bits per heavy atom. The number of nitrogens with zero attached hydrogens (tertiary/aromatic N) is 1. The summed E-state index contributed by atoms with van der Waals surface area (Å²) >= 11 is 0. The zero-order valence-electron chi connectivity index (χ0n) is 5.89. The third-order valence-corrected chi connectivity index (χ3v) is 1.54. The molecule has 0 unspecified atom stereocenters. The normalized spacial score (nSPS) is 15.9. The van der Waals surface area contributed by atoms with E-state index in [0.29, 0.717) is 5.91 Å². The molecule has 2 heteroatoms. The van der Waals surface area contributed by atoms with Crippen molar-refractivity contribution in [3.8, 4) is 0 Å². The molecule has 0 aromatic carbocycles. The van der Waals surface area contributed by atoms with E-state index in [1.165, 1.54) is 0 Å². The van der Waals surface area contributed by atoms with Crippen LogP contribution in [-0.4, -0.2) is 23.9 Å². The van der Waals surface area contributed by atoms with Gasteiger partial charge < -0.3 is 4.90 Å². The van der Waals surface area contributed by atoms with Gasteiger partial charge >= 0.3 is 0 Å². The van der Waals surface area contributed by atoms with Crippen molar-refractivity contribution in [3.05, 3.63) is 0 Å². The summed E-state index contributed by atoms with van der Waals surface area (Å²) in [5.41, 5.74) is 0. The molecule has 0 aromatic heterocycles. The number of carbonyl (C=O) groups excluding carboxylic acids is 1. The van der Waals surface area contributed by atoms with Crippen LogP contribution < -0.4 is 0 Å². The first-order valence-corrected chi connectivity index (χ1v) is 3.62. The molecule has 0 saturated carbocycles. The van der Waals surface area contributed by atoms with Gasteiger partial charge in [0.25, 0.3) is 0 Å². The first-order chi connectivity index (χ1) is 4.34. The molecule has 0 N–H and O–H groups in total. The molecule has 9 heavy (non-hydrogen) atoms. The van der Waals surface area contributed by atoms with Gasteiger partial charge in [0.2, 0.25) is 5.91 Å². The van der Waals surface area contributed by atoms with Crippen molar-refractivity contribution in [3.63, 3.8) is 0 Å². The van der Waals surface area contributed by atoms with Crippen LogP contribution in [0.5, 0.6) is 0 Å². The fraction of sp³-hybridized carbons (Fsp3) is 0.857. The second-order valence-electron chi connectivity index (χ2n) is 2.48. The molecule has 0 aliphatic carbocycles. The zero-order valence-corrected chi connectivity index (χ0v) is 5.89. The van der Waals surface area contributed by atoms with Gasteiger partial charge in [0, 0.05) is 19.5 Å². The summed E-state index contributed by atoms with van der Waals surface area (Å²) < 4.78 is 0. The lowest BCUT2D eigenvalue weighted by molar-refractivity contribution is -0.125. The van der Waals surface area contributed by atoms with Gasteiger partial charge in [0.15, 0.2) is 0 Å². The minimum atomic E-state index is 0.344. The van der Waals surface area contributed by atoms with Crippen LogP contribution in [0.25, 0.3) is 0 Å². The van der Waals surface area contributed by atoms with Crippen LogP contribution in [-0.2, 0) is 4.79 Å². The summed E-state index contributed by atoms with van der Waals surface area (Å²) in [6.07, 6.45) is 2.94. The summed E-state index contributed by atoms with van der Waals surface area (Å²) in [5.74, 6) is 0.344. The number of unbranched alkanes of at least 4 members (excludes halogenated alkanes) is 1. The van der Waals surface area contributed by atoms with E-state index in [4.69, 9.17) is 0 Å². The van der Waals surface area contributed by atoms with Crippen molar-refractivity contribution in [2.24, 2.45) is 0 Å². The Bertz CT molecular complexity index is 107. The lowest BCUT2D eigenvalue weighted by Crippen LogP contribution is -2.08. The van der Waals surface area contributed by atoms with Crippen LogP contribution in [0.2, 0.25) is 0 Å². The van der Waals surface area contributed by atoms with Gasteiger partial charge in [-0.2, -0.15) is 0 Å². The fourth-order valence-electron chi connectivity index (χ4n) is 0.786. The largest absolute Gasteiger partial charge is 0.339 e. The molecule has 1 amide bonds. The average molecular weight is 127 g/mol. The molecule has 0 radical (unpaired) electrons. The van der Waals surface area contributed by atoms with E-state index in [1.54, 1.807) is 0 Å². The third kappa shape index (κ3) is 2.04. The first kappa shape index (κ1) is 6.59. The van der Waals surface area contributed by atoms with Crippen LogP contribution in [0.1, 0.15) is 26.2 Å². The Balaban J connectivity index is 2.03. The van der Waals surface area contributed by atoms with Crippen molar-refractivity contribution in [1.82, 2.24) is 4.90 Å². The quantitative estimate of drug-likeness (QED) is 0.518. The monoisotopic (exact) mass is 127 g/mol. The van der Waals surface area contributed by atoms with Crippen LogP contribution in [0.15, 0.2) is 0 Å². The van der Waals surface area contributed by atoms with Crippen molar-refractivity contribution in [2.75, 3.05) is 13.1 Å². The second kappa shape index (κ2) is 2.85. The molecule has 0 atom stereocenters. The topological polar surface area (TPSA) is 20.1 Å². The molecular weight excluding hydrogens is 114 g/mol. The molecule has 1 fully saturated rings. The summed E-state index contributed by atoms with van der Waals surface area (Å²) in [6, 6.07) is 0. The van der Waals surface area contributed by atoms with Crippen LogP contribution in [0.4, 0.5) is 0 Å². The van der Waals surface area contributed by atoms with E-state index in [9.17, 15) is 4.79 Å². The van der Waals surface area contributed by atoms with Gasteiger partial charge in [-0.15, -0.1) is 0 Å². The maximum atomic E-state index is 10.9. The number of hydrogen-bond acceptors (Lipinski definition) is 1. The second-order valence-corrected chi connectivity index (χ2v) is 2.48. The van der Waals surface area contributed by atoms with Crippen LogP contribution >= 0.6 is 0 Å². The van der Waals surface area contributed by atoms with Crippen molar-refractivity contribution < 1.29 is 4.79 Å². The first-order valence-electron chi connectivity index (χ1n) is 3.62. The average Bonchev–Trinajstić information content (AvgIpc) is 2.63. The molecular formula is C7H13NO. The Morgan fingerprint density at radius 2 is 2.22 bits per heavy atom. The summed E-state index contributed by atoms with van der Waals surface area (Å²) in [4.78, 5) is 12.8. The van der Waals surface area contributed by atoms with Gasteiger partial charge in [0.05, 0.1) is 0 Å². The maximum Gasteiger partial charge on any atom is 0.222 e. The lowest BCUT2D eigenvalue weighted by Gasteiger charge is -1.97. The Morgan fingerprint density at radius 3 is 2.67 bits per heavy atom. The minimum Gasteiger partial charge on any atom is -0.339 e. The lowest BCUT2D eigenvalue weighted by atomic mass is 10.2. The molecule has 0 aromatic rings. The van der Waals surface area contributed by atoms with E-state index < -0.39 is 0 Å². The number of hydrogen-bond donors (Lipinski definition) is 0. The van der Waals surface area contributed by atoms with E-state index in [-0.39, 0.29) is 0 Å². The molecule has 0 spiro atoms. The Hall–Kier alpha value is -0.530. The van der Waals surface area contributed by atoms with E-state index in [2.05, 4.69) is 6.92 Å². The highest BCUT2D eigenvalue weighted by Crippen LogP contribution is 2.08. The van der Waals surface area contributed by atoms with Gasteiger partial charge in [-0.05, 0) is 6.42 Å². The summed E-state index contributed by atoms with van der Waals surface area (Å²) in [5, 5.41) is 0. The smallest absolute Gasteiger partial charge is 0.222 e. The standard InChI is InChI=1S/C7H13NO/c1-2-3-4-7(9)8-5-6-8/h2-6H2,1H3. The van der Waals surface area contributed by atoms with Crippen molar-refractivity contribution in [2.45, 2.75) is 26.2 Å². The number of amides is 1. The highest BCUT2D eigenvalue weighted by atomic mass is 16.2. The van der Waals surface area contributed by atoms with Crippen molar-refractivity contribution in [1.29, 1.82) is 0 Å². The predicted octanol–water partition coefficient (Wildman–Crippen LogP) is 1.02. The minimum absolute atomic E-state index is 0.344. The summed E-state index contributed by atoms with van der Waals surface area (Å²) in [6.45, 7) is 4.11. The molecule has 1 heterocycles. The predicted molar refractivity (Wildman–Crippen MR) is 36.1 cm³/mol. The molecule has 1 rings (SSSR count). The van der Waals surface area contributed by atoms with Crippen molar-refractivity contribution >= 4 is 5.91 Å². The third-order valence-electron chi connectivity index (χ3n) is 1.54. The van der Waals surface area contributed by atoms with E-state index in [0.717, 1.165) is 32.4 Å². The Kier molecular flexibility index (Phi) is 2.09. The molecule has 52 valence electrons. The molecule has 2 nitrogen and oxygen atoms in total. The molecule has 1 saturated heterocycles. The Labute approximate surface area is 55.8 Å². The molecule has 1 aliphatic heterocycles. The highest BCUT2D eigenvalue weighted by Gasteiger charge is 2.22. The molecule has 1 aliphatic rings. The maximum absolute atomic E-state index is 10.9. The van der Waals surface area contributed by atoms with E-state index >= 15 is 0 Å². The highest BCUT2D eigenvalue weighted by molar-refractivity contribution is 5.78.